The van der Waals surface area contributed by atoms with Gasteiger partial charge in [0.2, 0.25) is 0 Å². The lowest BCUT2D eigenvalue weighted by Gasteiger charge is -2.11. The summed E-state index contributed by atoms with van der Waals surface area (Å²) in [5.74, 6) is -2.26. The van der Waals surface area contributed by atoms with E-state index in [4.69, 9.17) is 9.47 Å². The molecule has 0 amide bonds. The van der Waals surface area contributed by atoms with E-state index < -0.39 is 24.2 Å². The van der Waals surface area contributed by atoms with Crippen molar-refractivity contribution < 1.29 is 29.0 Å². The van der Waals surface area contributed by atoms with Gasteiger partial charge in [0.25, 0.3) is 6.29 Å². The molecule has 0 spiro atoms. The van der Waals surface area contributed by atoms with Gasteiger partial charge in [-0.2, -0.15) is 0 Å². The Morgan fingerprint density at radius 3 is 2.71 bits per heavy atom. The number of carboxylic acids is 1. The number of carboxylic acid groups (broad SMARTS) is 1. The van der Waals surface area contributed by atoms with E-state index in [2.05, 4.69) is 0 Å². The van der Waals surface area contributed by atoms with E-state index in [0.717, 1.165) is 0 Å². The summed E-state index contributed by atoms with van der Waals surface area (Å²) >= 11 is 0. The zero-order chi connectivity index (χ0) is 15.1. The van der Waals surface area contributed by atoms with Gasteiger partial charge in [-0.3, -0.25) is 4.79 Å². The summed E-state index contributed by atoms with van der Waals surface area (Å²) in [4.78, 5) is 34.1. The molecule has 0 bridgehead atoms. The van der Waals surface area contributed by atoms with Crippen molar-refractivity contribution in [2.45, 2.75) is 13.2 Å². The Labute approximate surface area is 118 Å². The van der Waals surface area contributed by atoms with Gasteiger partial charge in [0.15, 0.2) is 0 Å². The zero-order valence-electron chi connectivity index (χ0n) is 11.0. The van der Waals surface area contributed by atoms with Crippen LogP contribution in [0.1, 0.15) is 39.5 Å². The minimum atomic E-state index is -1.13. The van der Waals surface area contributed by atoms with Gasteiger partial charge < -0.3 is 14.6 Å². The molecular weight excluding hydrogens is 276 g/mol. The molecule has 2 aromatic carbocycles. The predicted octanol–water partition coefficient (Wildman–Crippen LogP) is 2.27. The van der Waals surface area contributed by atoms with E-state index in [0.29, 0.717) is 16.3 Å². The van der Waals surface area contributed by atoms with Crippen LogP contribution >= 0.6 is 0 Å². The summed E-state index contributed by atoms with van der Waals surface area (Å²) in [6.45, 7) is 1.20. The molecule has 1 aliphatic rings. The number of carbonyl (C=O) groups is 3. The molecule has 1 aliphatic heterocycles. The Morgan fingerprint density at radius 1 is 1.29 bits per heavy atom. The lowest BCUT2D eigenvalue weighted by molar-refractivity contribution is -0.164. The van der Waals surface area contributed by atoms with Crippen molar-refractivity contribution >= 4 is 28.7 Å². The first-order valence-corrected chi connectivity index (χ1v) is 6.15. The van der Waals surface area contributed by atoms with Crippen LogP contribution < -0.4 is 0 Å². The van der Waals surface area contributed by atoms with Crippen LogP contribution in [0, 0.1) is 0 Å². The van der Waals surface area contributed by atoms with Crippen molar-refractivity contribution in [3.8, 4) is 0 Å². The molecule has 0 aromatic heterocycles. The third-order valence-electron chi connectivity index (χ3n) is 3.24. The highest BCUT2D eigenvalue weighted by atomic mass is 16.7. The van der Waals surface area contributed by atoms with Gasteiger partial charge in [-0.05, 0) is 29.0 Å². The van der Waals surface area contributed by atoms with Crippen molar-refractivity contribution in [2.75, 3.05) is 0 Å². The molecular formula is C15H10O6. The second-order valence-corrected chi connectivity index (χ2v) is 4.62. The number of ether oxygens (including phenoxy) is 2. The van der Waals surface area contributed by atoms with Crippen molar-refractivity contribution in [3.05, 3.63) is 47.0 Å². The Kier molecular flexibility index (Phi) is 2.86. The summed E-state index contributed by atoms with van der Waals surface area (Å²) in [7, 11) is 0. The van der Waals surface area contributed by atoms with E-state index in [1.54, 1.807) is 18.2 Å². The van der Waals surface area contributed by atoms with Gasteiger partial charge >= 0.3 is 17.9 Å². The van der Waals surface area contributed by atoms with Gasteiger partial charge in [0.05, 0.1) is 11.1 Å². The average Bonchev–Trinajstić information content (AvgIpc) is 2.71. The third kappa shape index (κ3) is 2.10. The first kappa shape index (κ1) is 13.1. The molecule has 0 radical (unpaired) electrons. The fraction of sp³-hybridized carbons (Fsp3) is 0.133. The first-order chi connectivity index (χ1) is 9.97. The van der Waals surface area contributed by atoms with Gasteiger partial charge in [0, 0.05) is 12.5 Å². The molecule has 6 heteroatoms. The van der Waals surface area contributed by atoms with Gasteiger partial charge in [-0.1, -0.05) is 12.1 Å². The molecule has 3 rings (SSSR count). The highest BCUT2D eigenvalue weighted by Gasteiger charge is 2.34. The van der Waals surface area contributed by atoms with Crippen LogP contribution in [0.3, 0.4) is 0 Å². The fourth-order valence-electron chi connectivity index (χ4n) is 2.36. The molecule has 1 heterocycles. The fourth-order valence-corrected chi connectivity index (χ4v) is 2.36. The number of cyclic esters (lactones) is 1. The largest absolute Gasteiger partial charge is 0.478 e. The SMILES string of the molecule is CC(=O)OC1OC(=O)c2cc3cccc(C(=O)O)c3cc21. The number of esters is 2. The molecule has 21 heavy (non-hydrogen) atoms. The molecule has 1 atom stereocenters. The molecule has 106 valence electrons. The smallest absolute Gasteiger partial charge is 0.342 e. The molecule has 6 nitrogen and oxygen atoms in total. The number of hydrogen-bond donors (Lipinski definition) is 1. The van der Waals surface area contributed by atoms with Crippen molar-refractivity contribution in [2.24, 2.45) is 0 Å². The summed E-state index contributed by atoms with van der Waals surface area (Å²) in [5.41, 5.74) is 0.740. The predicted molar refractivity (Wildman–Crippen MR) is 70.8 cm³/mol. The standard InChI is InChI=1S/C15H10O6/c1-7(16)20-15-12-6-10-8(5-11(12)14(19)21-15)3-2-4-9(10)13(17)18/h2-6,15H,1H3,(H,17,18). The second-order valence-electron chi connectivity index (χ2n) is 4.62. The number of fused-ring (bicyclic) bond motifs is 2. The Hall–Kier alpha value is -2.89. The number of hydrogen-bond acceptors (Lipinski definition) is 5. The Morgan fingerprint density at radius 2 is 2.05 bits per heavy atom. The lowest BCUT2D eigenvalue weighted by atomic mass is 9.98. The van der Waals surface area contributed by atoms with Crippen LogP contribution in [-0.4, -0.2) is 23.0 Å². The minimum Gasteiger partial charge on any atom is -0.478 e. The summed E-state index contributed by atoms with van der Waals surface area (Å²) in [6.07, 6.45) is -1.13. The van der Waals surface area contributed by atoms with Crippen molar-refractivity contribution in [1.29, 1.82) is 0 Å². The van der Waals surface area contributed by atoms with Gasteiger partial charge in [0.1, 0.15) is 0 Å². The van der Waals surface area contributed by atoms with E-state index in [1.807, 2.05) is 0 Å². The maximum absolute atomic E-state index is 11.8. The van der Waals surface area contributed by atoms with Crippen molar-refractivity contribution in [3.63, 3.8) is 0 Å². The maximum atomic E-state index is 11.8. The maximum Gasteiger partial charge on any atom is 0.342 e. The highest BCUT2D eigenvalue weighted by Crippen LogP contribution is 2.35. The van der Waals surface area contributed by atoms with Gasteiger partial charge in [-0.25, -0.2) is 9.59 Å². The van der Waals surface area contributed by atoms with E-state index >= 15 is 0 Å². The number of benzene rings is 2. The lowest BCUT2D eigenvalue weighted by Crippen LogP contribution is -2.08. The minimum absolute atomic E-state index is 0.108. The van der Waals surface area contributed by atoms with Crippen LogP contribution in [0.5, 0.6) is 0 Å². The summed E-state index contributed by atoms with van der Waals surface area (Å²) in [5, 5.41) is 10.3. The van der Waals surface area contributed by atoms with Crippen LogP contribution in [-0.2, 0) is 14.3 Å². The van der Waals surface area contributed by atoms with E-state index in [-0.39, 0.29) is 11.1 Å². The van der Waals surface area contributed by atoms with Crippen LogP contribution in [0.15, 0.2) is 30.3 Å². The molecule has 0 saturated heterocycles. The third-order valence-corrected chi connectivity index (χ3v) is 3.24. The topological polar surface area (TPSA) is 89.9 Å². The van der Waals surface area contributed by atoms with E-state index in [1.165, 1.54) is 19.1 Å². The van der Waals surface area contributed by atoms with Crippen LogP contribution in [0.4, 0.5) is 0 Å². The Balaban J connectivity index is 2.23. The number of aromatic carboxylic acids is 1. The number of rotatable bonds is 2. The van der Waals surface area contributed by atoms with E-state index in [9.17, 15) is 19.5 Å². The van der Waals surface area contributed by atoms with Crippen molar-refractivity contribution in [1.82, 2.24) is 0 Å². The highest BCUT2D eigenvalue weighted by molar-refractivity contribution is 6.07. The van der Waals surface area contributed by atoms with Crippen LogP contribution in [0.2, 0.25) is 0 Å². The molecule has 1 unspecified atom stereocenters. The Bertz CT molecular complexity index is 792. The molecule has 0 aliphatic carbocycles. The average molecular weight is 286 g/mol. The van der Waals surface area contributed by atoms with Gasteiger partial charge in [-0.15, -0.1) is 0 Å². The molecule has 2 aromatic rings. The first-order valence-electron chi connectivity index (χ1n) is 6.15. The number of carbonyl (C=O) groups excluding carboxylic acids is 2. The molecule has 1 N–H and O–H groups in total. The summed E-state index contributed by atoms with van der Waals surface area (Å²) < 4.78 is 9.91. The summed E-state index contributed by atoms with van der Waals surface area (Å²) in [6, 6.07) is 7.83. The van der Waals surface area contributed by atoms with Crippen LogP contribution in [0.25, 0.3) is 10.8 Å². The second kappa shape index (κ2) is 4.59. The molecule has 0 fully saturated rings. The molecule has 0 saturated carbocycles. The quantitative estimate of drug-likeness (QED) is 0.852. The zero-order valence-corrected chi connectivity index (χ0v) is 11.0. The monoisotopic (exact) mass is 286 g/mol. The normalized spacial score (nSPS) is 16.4.